The predicted molar refractivity (Wildman–Crippen MR) is 69.1 cm³/mol. The maximum atomic E-state index is 12.0. The molecule has 0 aliphatic heterocycles. The second kappa shape index (κ2) is 6.20. The zero-order valence-electron chi connectivity index (χ0n) is 10.3. The van der Waals surface area contributed by atoms with Gasteiger partial charge in [-0.2, -0.15) is 5.26 Å². The first-order valence-corrected chi connectivity index (χ1v) is 6.89. The summed E-state index contributed by atoms with van der Waals surface area (Å²) in [6.07, 6.45) is 0.477. The summed E-state index contributed by atoms with van der Waals surface area (Å²) in [5.74, 6) is 5.48. The van der Waals surface area contributed by atoms with Crippen LogP contribution in [0.3, 0.4) is 0 Å². The van der Waals surface area contributed by atoms with Crippen LogP contribution >= 0.6 is 0 Å². The molecule has 0 bridgehead atoms. The zero-order chi connectivity index (χ0) is 13.6. The highest BCUT2D eigenvalue weighted by molar-refractivity contribution is 7.89. The van der Waals surface area contributed by atoms with Crippen molar-refractivity contribution >= 4 is 10.0 Å². The van der Waals surface area contributed by atoms with E-state index in [0.29, 0.717) is 17.5 Å². The summed E-state index contributed by atoms with van der Waals surface area (Å²) in [6, 6.07) is 6.47. The predicted octanol–water partition coefficient (Wildman–Crippen LogP) is 1.56. The molecule has 1 N–H and O–H groups in total. The van der Waals surface area contributed by atoms with Crippen molar-refractivity contribution in [1.82, 2.24) is 4.72 Å². The van der Waals surface area contributed by atoms with E-state index in [4.69, 9.17) is 5.26 Å². The third-order valence-corrected chi connectivity index (χ3v) is 3.93. The molecule has 0 aliphatic carbocycles. The van der Waals surface area contributed by atoms with Crippen LogP contribution in [0.2, 0.25) is 0 Å². The lowest BCUT2D eigenvalue weighted by molar-refractivity contribution is 0.582. The van der Waals surface area contributed by atoms with Gasteiger partial charge >= 0.3 is 0 Å². The number of benzene rings is 1. The molecule has 0 saturated carbocycles. The molecule has 94 valence electrons. The van der Waals surface area contributed by atoms with Crippen LogP contribution in [-0.2, 0) is 10.0 Å². The van der Waals surface area contributed by atoms with Crippen LogP contribution in [0.4, 0.5) is 0 Å². The van der Waals surface area contributed by atoms with E-state index in [1.807, 2.05) is 6.07 Å². The van der Waals surface area contributed by atoms with Crippen molar-refractivity contribution in [2.75, 3.05) is 6.54 Å². The van der Waals surface area contributed by atoms with Crippen molar-refractivity contribution in [3.8, 4) is 17.9 Å². The lowest BCUT2D eigenvalue weighted by Gasteiger charge is -2.08. The van der Waals surface area contributed by atoms with Gasteiger partial charge in [0.2, 0.25) is 10.0 Å². The summed E-state index contributed by atoms with van der Waals surface area (Å²) in [4.78, 5) is 0.200. The van der Waals surface area contributed by atoms with Gasteiger partial charge in [0.1, 0.15) is 0 Å². The summed E-state index contributed by atoms with van der Waals surface area (Å²) >= 11 is 0. The molecule has 0 aliphatic rings. The number of sulfonamides is 1. The number of nitrogens with one attached hydrogen (secondary N) is 1. The summed E-state index contributed by atoms with van der Waals surface area (Å²) in [7, 11) is -3.52. The molecule has 5 heteroatoms. The van der Waals surface area contributed by atoms with Gasteiger partial charge in [-0.25, -0.2) is 13.1 Å². The Kier molecular flexibility index (Phi) is 4.91. The Balaban J connectivity index is 2.91. The van der Waals surface area contributed by atoms with Crippen molar-refractivity contribution in [2.45, 2.75) is 25.2 Å². The maximum Gasteiger partial charge on any atom is 0.240 e. The highest BCUT2D eigenvalue weighted by Gasteiger charge is 2.15. The van der Waals surface area contributed by atoms with Gasteiger partial charge in [0, 0.05) is 13.0 Å². The summed E-state index contributed by atoms with van der Waals surface area (Å²) in [6.45, 7) is 3.66. The zero-order valence-corrected chi connectivity index (χ0v) is 11.1. The molecule has 4 nitrogen and oxygen atoms in total. The molecule has 0 heterocycles. The number of nitriles is 1. The van der Waals surface area contributed by atoms with Crippen LogP contribution in [-0.4, -0.2) is 15.0 Å². The van der Waals surface area contributed by atoms with Gasteiger partial charge in [-0.15, -0.1) is 11.8 Å². The van der Waals surface area contributed by atoms with E-state index >= 15 is 0 Å². The molecule has 0 radical (unpaired) electrons. The molecule has 0 atom stereocenters. The van der Waals surface area contributed by atoms with Gasteiger partial charge in [-0.05, 0) is 37.6 Å². The van der Waals surface area contributed by atoms with Gasteiger partial charge in [-0.1, -0.05) is 0 Å². The van der Waals surface area contributed by atoms with Crippen LogP contribution in [0.25, 0.3) is 0 Å². The second-order valence-corrected chi connectivity index (χ2v) is 5.40. The Morgan fingerprint density at radius 2 is 2.11 bits per heavy atom. The molecule has 0 aromatic heterocycles. The molecular weight excluding hydrogens is 248 g/mol. The Bertz CT molecular complexity index is 631. The van der Waals surface area contributed by atoms with Crippen LogP contribution in [0.5, 0.6) is 0 Å². The third-order valence-electron chi connectivity index (χ3n) is 2.31. The van der Waals surface area contributed by atoms with Gasteiger partial charge in [0.15, 0.2) is 0 Å². The molecule has 0 unspecified atom stereocenters. The van der Waals surface area contributed by atoms with E-state index in [9.17, 15) is 8.42 Å². The highest BCUT2D eigenvalue weighted by Crippen LogP contribution is 2.16. The first-order valence-electron chi connectivity index (χ1n) is 5.41. The fourth-order valence-corrected chi connectivity index (χ4v) is 2.73. The smallest absolute Gasteiger partial charge is 0.210 e. The third kappa shape index (κ3) is 3.59. The van der Waals surface area contributed by atoms with Gasteiger partial charge in [0.05, 0.1) is 16.5 Å². The van der Waals surface area contributed by atoms with Crippen molar-refractivity contribution in [3.05, 3.63) is 29.3 Å². The fourth-order valence-electron chi connectivity index (χ4n) is 1.47. The minimum absolute atomic E-state index is 0.200. The fraction of sp³-hybridized carbons (Fsp3) is 0.308. The van der Waals surface area contributed by atoms with E-state index in [-0.39, 0.29) is 11.4 Å². The minimum Gasteiger partial charge on any atom is -0.210 e. The molecule has 0 fully saturated rings. The summed E-state index contributed by atoms with van der Waals surface area (Å²) in [5.41, 5.74) is 1.01. The molecule has 1 aromatic rings. The van der Waals surface area contributed by atoms with Gasteiger partial charge in [-0.3, -0.25) is 0 Å². The quantitative estimate of drug-likeness (QED) is 0.661. The van der Waals surface area contributed by atoms with Gasteiger partial charge < -0.3 is 0 Å². The Morgan fingerprint density at radius 3 is 2.67 bits per heavy atom. The number of aryl methyl sites for hydroxylation is 1. The number of hydrogen-bond donors (Lipinski definition) is 1. The number of nitrogens with zero attached hydrogens (tertiary/aromatic N) is 1. The molecule has 1 rings (SSSR count). The maximum absolute atomic E-state index is 12.0. The Hall–Kier alpha value is -1.82. The van der Waals surface area contributed by atoms with Crippen LogP contribution in [0.1, 0.15) is 24.5 Å². The monoisotopic (exact) mass is 262 g/mol. The van der Waals surface area contributed by atoms with E-state index in [2.05, 4.69) is 16.6 Å². The van der Waals surface area contributed by atoms with Crippen molar-refractivity contribution in [3.63, 3.8) is 0 Å². The van der Waals surface area contributed by atoms with E-state index in [1.165, 1.54) is 12.1 Å². The standard InChI is InChI=1S/C13H14N2O2S/c1-3-4-5-8-15-18(16,17)13-7-6-12(10-14)9-11(13)2/h6-7,9,15H,5,8H2,1-2H3. The Labute approximate surface area is 108 Å². The van der Waals surface area contributed by atoms with Crippen molar-refractivity contribution < 1.29 is 8.42 Å². The molecular formula is C13H14N2O2S. The highest BCUT2D eigenvalue weighted by atomic mass is 32.2. The van der Waals surface area contributed by atoms with E-state index in [0.717, 1.165) is 0 Å². The van der Waals surface area contributed by atoms with Crippen LogP contribution in [0.15, 0.2) is 23.1 Å². The average molecular weight is 262 g/mol. The molecule has 0 saturated heterocycles. The molecule has 1 aromatic carbocycles. The van der Waals surface area contributed by atoms with Crippen molar-refractivity contribution in [2.24, 2.45) is 0 Å². The number of hydrogen-bond acceptors (Lipinski definition) is 3. The Morgan fingerprint density at radius 1 is 1.39 bits per heavy atom. The molecule has 18 heavy (non-hydrogen) atoms. The molecule has 0 amide bonds. The average Bonchev–Trinajstić information content (AvgIpc) is 2.34. The van der Waals surface area contributed by atoms with Crippen LogP contribution < -0.4 is 4.72 Å². The lowest BCUT2D eigenvalue weighted by atomic mass is 10.2. The summed E-state index contributed by atoms with van der Waals surface area (Å²) in [5, 5.41) is 8.73. The van der Waals surface area contributed by atoms with E-state index < -0.39 is 10.0 Å². The lowest BCUT2D eigenvalue weighted by Crippen LogP contribution is -2.25. The SMILES string of the molecule is CC#CCCNS(=O)(=O)c1ccc(C#N)cc1C. The first-order chi connectivity index (χ1) is 8.51. The number of rotatable bonds is 4. The second-order valence-electron chi connectivity index (χ2n) is 3.67. The molecule has 0 spiro atoms. The normalized spacial score (nSPS) is 10.3. The van der Waals surface area contributed by atoms with Crippen molar-refractivity contribution in [1.29, 1.82) is 5.26 Å². The van der Waals surface area contributed by atoms with Gasteiger partial charge in [0.25, 0.3) is 0 Å². The topological polar surface area (TPSA) is 70.0 Å². The van der Waals surface area contributed by atoms with E-state index in [1.54, 1.807) is 19.9 Å². The minimum atomic E-state index is -3.52. The first kappa shape index (κ1) is 14.2. The van der Waals surface area contributed by atoms with Crippen LogP contribution in [0, 0.1) is 30.1 Å². The largest absolute Gasteiger partial charge is 0.240 e. The summed E-state index contributed by atoms with van der Waals surface area (Å²) < 4.78 is 26.4.